The number of pyridine rings is 1. The molecule has 2 N–H and O–H groups in total. The molecule has 0 saturated heterocycles. The lowest BCUT2D eigenvalue weighted by Crippen LogP contribution is -2.20. The van der Waals surface area contributed by atoms with Crippen molar-refractivity contribution in [3.8, 4) is 11.3 Å². The van der Waals surface area contributed by atoms with E-state index in [0.717, 1.165) is 17.8 Å². The second kappa shape index (κ2) is 5.76. The molecule has 0 amide bonds. The normalized spacial score (nSPS) is 18.7. The van der Waals surface area contributed by atoms with Gasteiger partial charge in [-0.2, -0.15) is 0 Å². The molecule has 3 nitrogen and oxygen atoms in total. The highest BCUT2D eigenvalue weighted by atomic mass is 14.9. The fourth-order valence-electron chi connectivity index (χ4n) is 3.12. The first-order chi connectivity index (χ1) is 11.3. The number of dihydropyridines is 1. The molecular formula is C20H19N3. The monoisotopic (exact) mass is 301 g/mol. The van der Waals surface area contributed by atoms with Gasteiger partial charge in [-0.05, 0) is 48.5 Å². The van der Waals surface area contributed by atoms with Crippen LogP contribution in [0.2, 0.25) is 0 Å². The molecule has 2 aliphatic rings. The fraction of sp³-hybridized carbons (Fsp3) is 0.150. The fourth-order valence-corrected chi connectivity index (χ4v) is 3.12. The number of rotatable bonds is 2. The highest BCUT2D eigenvalue weighted by Crippen LogP contribution is 2.30. The summed E-state index contributed by atoms with van der Waals surface area (Å²) >= 11 is 0. The molecule has 0 fully saturated rings. The van der Waals surface area contributed by atoms with Gasteiger partial charge in [-0.1, -0.05) is 30.4 Å². The van der Waals surface area contributed by atoms with Gasteiger partial charge in [-0.15, -0.1) is 0 Å². The van der Waals surface area contributed by atoms with E-state index < -0.39 is 0 Å². The maximum Gasteiger partial charge on any atom is 0.0758 e. The third-order valence-corrected chi connectivity index (χ3v) is 4.30. The third kappa shape index (κ3) is 2.66. The van der Waals surface area contributed by atoms with E-state index in [2.05, 4.69) is 71.1 Å². The number of benzene rings is 1. The second-order valence-corrected chi connectivity index (χ2v) is 5.93. The smallest absolute Gasteiger partial charge is 0.0758 e. The second-order valence-electron chi connectivity index (χ2n) is 5.93. The summed E-state index contributed by atoms with van der Waals surface area (Å²) in [5.41, 5.74) is 7.16. The largest absolute Gasteiger partial charge is 0.387 e. The molecule has 0 radical (unpaired) electrons. The molecule has 0 saturated carbocycles. The van der Waals surface area contributed by atoms with E-state index in [1.54, 1.807) is 0 Å². The van der Waals surface area contributed by atoms with Crippen molar-refractivity contribution in [2.45, 2.75) is 19.5 Å². The van der Waals surface area contributed by atoms with Gasteiger partial charge < -0.3 is 10.6 Å². The molecule has 2 aliphatic heterocycles. The molecule has 1 aromatic carbocycles. The predicted octanol–water partition coefficient (Wildman–Crippen LogP) is 3.93. The summed E-state index contributed by atoms with van der Waals surface area (Å²) in [5.74, 6) is 0. The van der Waals surface area contributed by atoms with Crippen LogP contribution in [0.5, 0.6) is 0 Å². The first-order valence-electron chi connectivity index (χ1n) is 7.91. The summed E-state index contributed by atoms with van der Waals surface area (Å²) in [6.07, 6.45) is 12.4. The minimum Gasteiger partial charge on any atom is -0.387 e. The molecule has 4 rings (SSSR count). The van der Waals surface area contributed by atoms with Crippen molar-refractivity contribution in [1.29, 1.82) is 0 Å². The topological polar surface area (TPSA) is 37.0 Å². The van der Waals surface area contributed by atoms with Gasteiger partial charge in [-0.25, -0.2) is 0 Å². The van der Waals surface area contributed by atoms with E-state index in [0.29, 0.717) is 0 Å². The van der Waals surface area contributed by atoms with Crippen LogP contribution in [-0.2, 0) is 6.54 Å². The maximum absolute atomic E-state index is 4.67. The Morgan fingerprint density at radius 2 is 2.17 bits per heavy atom. The van der Waals surface area contributed by atoms with E-state index >= 15 is 0 Å². The minimum atomic E-state index is 0.164. The average Bonchev–Trinajstić information content (AvgIpc) is 2.61. The zero-order valence-corrected chi connectivity index (χ0v) is 13.1. The number of fused-ring (bicyclic) bond motifs is 1. The van der Waals surface area contributed by atoms with Gasteiger partial charge in [0.15, 0.2) is 0 Å². The summed E-state index contributed by atoms with van der Waals surface area (Å²) in [6, 6.07) is 10.9. The molecule has 0 spiro atoms. The maximum atomic E-state index is 4.67. The highest BCUT2D eigenvalue weighted by molar-refractivity contribution is 5.70. The van der Waals surface area contributed by atoms with Crippen molar-refractivity contribution >= 4 is 6.08 Å². The van der Waals surface area contributed by atoms with Crippen LogP contribution in [0.3, 0.4) is 0 Å². The molecule has 0 aliphatic carbocycles. The molecule has 23 heavy (non-hydrogen) atoms. The summed E-state index contributed by atoms with van der Waals surface area (Å²) < 4.78 is 0. The quantitative estimate of drug-likeness (QED) is 0.882. The molecule has 3 heterocycles. The third-order valence-electron chi connectivity index (χ3n) is 4.30. The van der Waals surface area contributed by atoms with E-state index in [1.807, 2.05) is 18.5 Å². The van der Waals surface area contributed by atoms with Crippen molar-refractivity contribution in [3.05, 3.63) is 83.3 Å². The Morgan fingerprint density at radius 3 is 3.09 bits per heavy atom. The van der Waals surface area contributed by atoms with Gasteiger partial charge in [0.05, 0.1) is 11.7 Å². The standard InChI is InChI=1S/C20H19N3/c1-14-4-2-6-19(23-14)18-5-3-10-22-20(18)16-7-8-17-13-21-11-9-15(17)12-16/h2-12,19,21,23H,13H2,1H3. The lowest BCUT2D eigenvalue weighted by atomic mass is 9.95. The van der Waals surface area contributed by atoms with Crippen LogP contribution in [0.15, 0.2) is 66.7 Å². The average molecular weight is 301 g/mol. The first kappa shape index (κ1) is 13.8. The van der Waals surface area contributed by atoms with E-state index in [9.17, 15) is 0 Å². The lowest BCUT2D eigenvalue weighted by molar-refractivity contribution is 0.703. The Bertz CT molecular complexity index is 831. The summed E-state index contributed by atoms with van der Waals surface area (Å²) in [5, 5.41) is 6.76. The molecule has 2 aromatic rings. The predicted molar refractivity (Wildman–Crippen MR) is 94.3 cm³/mol. The molecule has 1 aromatic heterocycles. The van der Waals surface area contributed by atoms with Crippen LogP contribution < -0.4 is 10.6 Å². The number of hydrogen-bond donors (Lipinski definition) is 2. The molecular weight excluding hydrogens is 282 g/mol. The Morgan fingerprint density at radius 1 is 1.22 bits per heavy atom. The number of nitrogens with one attached hydrogen (secondary N) is 2. The van der Waals surface area contributed by atoms with Gasteiger partial charge in [0, 0.05) is 29.6 Å². The van der Waals surface area contributed by atoms with Crippen molar-refractivity contribution in [1.82, 2.24) is 15.6 Å². The van der Waals surface area contributed by atoms with Crippen LogP contribution in [0, 0.1) is 0 Å². The van der Waals surface area contributed by atoms with E-state index in [4.69, 9.17) is 0 Å². The number of aromatic nitrogens is 1. The summed E-state index contributed by atoms with van der Waals surface area (Å²) in [6.45, 7) is 2.97. The lowest BCUT2D eigenvalue weighted by Gasteiger charge is -2.22. The van der Waals surface area contributed by atoms with Crippen molar-refractivity contribution in [2.24, 2.45) is 0 Å². The van der Waals surface area contributed by atoms with Crippen molar-refractivity contribution < 1.29 is 0 Å². The Labute approximate surface area is 136 Å². The summed E-state index contributed by atoms with van der Waals surface area (Å²) in [7, 11) is 0. The number of hydrogen-bond acceptors (Lipinski definition) is 3. The summed E-state index contributed by atoms with van der Waals surface area (Å²) in [4.78, 5) is 4.67. The molecule has 0 bridgehead atoms. The van der Waals surface area contributed by atoms with Crippen LogP contribution in [0.1, 0.15) is 29.7 Å². The SMILES string of the molecule is CC1=CC=CC(c2cccnc2-c2ccc3c(c2)C=CNC3)N1. The van der Waals surface area contributed by atoms with Gasteiger partial charge in [0.1, 0.15) is 0 Å². The Kier molecular flexibility index (Phi) is 3.46. The molecule has 114 valence electrons. The van der Waals surface area contributed by atoms with Gasteiger partial charge in [-0.3, -0.25) is 4.98 Å². The molecule has 1 atom stereocenters. The first-order valence-corrected chi connectivity index (χ1v) is 7.91. The van der Waals surface area contributed by atoms with E-state index in [-0.39, 0.29) is 6.04 Å². The van der Waals surface area contributed by atoms with Gasteiger partial charge in [0.2, 0.25) is 0 Å². The van der Waals surface area contributed by atoms with Crippen LogP contribution in [0.4, 0.5) is 0 Å². The van der Waals surface area contributed by atoms with E-state index in [1.165, 1.54) is 22.4 Å². The zero-order valence-electron chi connectivity index (χ0n) is 13.1. The minimum absolute atomic E-state index is 0.164. The van der Waals surface area contributed by atoms with Crippen molar-refractivity contribution in [2.75, 3.05) is 0 Å². The van der Waals surface area contributed by atoms with Crippen LogP contribution >= 0.6 is 0 Å². The number of nitrogens with zero attached hydrogens (tertiary/aromatic N) is 1. The van der Waals surface area contributed by atoms with Gasteiger partial charge in [0.25, 0.3) is 0 Å². The Balaban J connectivity index is 1.77. The molecule has 1 unspecified atom stereocenters. The van der Waals surface area contributed by atoms with Crippen LogP contribution in [-0.4, -0.2) is 4.98 Å². The Hall–Kier alpha value is -2.81. The highest BCUT2D eigenvalue weighted by Gasteiger charge is 2.17. The van der Waals surface area contributed by atoms with Gasteiger partial charge >= 0.3 is 0 Å². The number of allylic oxidation sites excluding steroid dienone is 3. The molecule has 3 heteroatoms. The zero-order chi connectivity index (χ0) is 15.6. The van der Waals surface area contributed by atoms with Crippen molar-refractivity contribution in [3.63, 3.8) is 0 Å². The van der Waals surface area contributed by atoms with Crippen LogP contribution in [0.25, 0.3) is 17.3 Å².